The van der Waals surface area contributed by atoms with Gasteiger partial charge in [-0.25, -0.2) is 9.97 Å². The van der Waals surface area contributed by atoms with Gasteiger partial charge in [-0.05, 0) is 38.5 Å². The molecule has 4 aromatic rings. The van der Waals surface area contributed by atoms with Gasteiger partial charge in [0.25, 0.3) is 5.56 Å². The van der Waals surface area contributed by atoms with Crippen molar-refractivity contribution in [3.8, 4) is 5.69 Å². The van der Waals surface area contributed by atoms with Gasteiger partial charge in [0.05, 0.1) is 35.5 Å². The maximum absolute atomic E-state index is 13.4. The van der Waals surface area contributed by atoms with Gasteiger partial charge in [-0.15, -0.1) is 22.7 Å². The highest BCUT2D eigenvalue weighted by Crippen LogP contribution is 2.29. The normalized spacial score (nSPS) is 11.0. The van der Waals surface area contributed by atoms with Crippen molar-refractivity contribution in [1.82, 2.24) is 14.5 Å². The van der Waals surface area contributed by atoms with Crippen molar-refractivity contribution in [2.24, 2.45) is 0 Å². The number of nitrogens with zero attached hydrogens (tertiary/aromatic N) is 3. The summed E-state index contributed by atoms with van der Waals surface area (Å²) in [6, 6.07) is 9.28. The number of esters is 1. The second kappa shape index (κ2) is 10.5. The zero-order valence-electron chi connectivity index (χ0n) is 18.8. The average Bonchev–Trinajstić information content (AvgIpc) is 3.36. The number of hydrogen-bond donors (Lipinski definition) is 1. The first-order valence-corrected chi connectivity index (χ1v) is 13.2. The molecule has 11 heteroatoms. The van der Waals surface area contributed by atoms with E-state index in [-0.39, 0.29) is 29.6 Å². The third-order valence-electron chi connectivity index (χ3n) is 4.95. The van der Waals surface area contributed by atoms with Crippen LogP contribution >= 0.6 is 34.4 Å². The summed E-state index contributed by atoms with van der Waals surface area (Å²) < 4.78 is 6.48. The molecule has 0 unspecified atom stereocenters. The summed E-state index contributed by atoms with van der Waals surface area (Å²) in [6.07, 6.45) is 0.0574. The predicted molar refractivity (Wildman–Crippen MR) is 136 cm³/mol. The number of aryl methyl sites for hydroxylation is 2. The Labute approximate surface area is 208 Å². The largest absolute Gasteiger partial charge is 0.466 e. The molecule has 0 bridgehead atoms. The van der Waals surface area contributed by atoms with E-state index in [1.54, 1.807) is 16.9 Å². The van der Waals surface area contributed by atoms with Crippen LogP contribution in [0.3, 0.4) is 0 Å². The maximum Gasteiger partial charge on any atom is 0.311 e. The van der Waals surface area contributed by atoms with Crippen LogP contribution in [0.25, 0.3) is 15.9 Å². The van der Waals surface area contributed by atoms with Crippen molar-refractivity contribution in [2.45, 2.75) is 32.3 Å². The van der Waals surface area contributed by atoms with Crippen LogP contribution in [0.2, 0.25) is 0 Å². The van der Waals surface area contributed by atoms with Gasteiger partial charge >= 0.3 is 5.97 Å². The van der Waals surface area contributed by atoms with Crippen molar-refractivity contribution >= 4 is 61.7 Å². The summed E-state index contributed by atoms with van der Waals surface area (Å²) >= 11 is 3.90. The number of nitrogens with one attached hydrogen (secondary N) is 1. The lowest BCUT2D eigenvalue weighted by Gasteiger charge is -2.12. The van der Waals surface area contributed by atoms with Crippen LogP contribution in [0, 0.1) is 13.8 Å². The standard InChI is InChI=1S/C23H22N4O4S3/c1-4-31-18(29)10-15-11-32-22(24-15)25-17(28)12-33-23-26-20-19(13(2)14(3)34-20)21(30)27(23)16-8-6-5-7-9-16/h5-9,11H,4,10,12H2,1-3H3,(H,24,25,28). The van der Waals surface area contributed by atoms with Gasteiger partial charge in [0.15, 0.2) is 10.3 Å². The molecule has 0 atom stereocenters. The Kier molecular flexibility index (Phi) is 7.44. The summed E-state index contributed by atoms with van der Waals surface area (Å²) in [5.74, 6) is -0.601. The number of anilines is 1. The Morgan fingerprint density at radius 2 is 1.94 bits per heavy atom. The fourth-order valence-electron chi connectivity index (χ4n) is 3.27. The molecule has 176 valence electrons. The van der Waals surface area contributed by atoms with Crippen molar-refractivity contribution in [3.05, 3.63) is 62.2 Å². The molecule has 3 aromatic heterocycles. The third kappa shape index (κ3) is 5.21. The summed E-state index contributed by atoms with van der Waals surface area (Å²) in [7, 11) is 0. The number of carbonyl (C=O) groups is 2. The molecular weight excluding hydrogens is 492 g/mol. The topological polar surface area (TPSA) is 103 Å². The predicted octanol–water partition coefficient (Wildman–Crippen LogP) is 4.36. The van der Waals surface area contributed by atoms with E-state index in [0.29, 0.717) is 38.5 Å². The lowest BCUT2D eigenvalue weighted by Crippen LogP contribution is -2.22. The van der Waals surface area contributed by atoms with E-state index in [1.165, 1.54) is 34.4 Å². The molecule has 34 heavy (non-hydrogen) atoms. The molecule has 0 saturated carbocycles. The van der Waals surface area contributed by atoms with Gasteiger partial charge in [-0.1, -0.05) is 30.0 Å². The zero-order valence-corrected chi connectivity index (χ0v) is 21.2. The molecular formula is C23H22N4O4S3. The van der Waals surface area contributed by atoms with Crippen molar-refractivity contribution in [3.63, 3.8) is 0 Å². The van der Waals surface area contributed by atoms with Gasteiger partial charge in [0, 0.05) is 10.3 Å². The average molecular weight is 515 g/mol. The van der Waals surface area contributed by atoms with Crippen LogP contribution in [0.15, 0.2) is 45.7 Å². The smallest absolute Gasteiger partial charge is 0.311 e. The van der Waals surface area contributed by atoms with Crippen molar-refractivity contribution in [1.29, 1.82) is 0 Å². The Morgan fingerprint density at radius 1 is 1.18 bits per heavy atom. The highest BCUT2D eigenvalue weighted by Gasteiger charge is 2.19. The van der Waals surface area contributed by atoms with E-state index in [0.717, 1.165) is 10.4 Å². The first kappa shape index (κ1) is 24.1. The number of thioether (sulfide) groups is 1. The molecule has 3 heterocycles. The van der Waals surface area contributed by atoms with Crippen LogP contribution in [-0.4, -0.2) is 38.8 Å². The first-order chi connectivity index (χ1) is 16.4. The molecule has 0 saturated heterocycles. The second-order valence-corrected chi connectivity index (χ2v) is 10.3. The molecule has 1 aromatic carbocycles. The minimum absolute atomic E-state index is 0.0426. The van der Waals surface area contributed by atoms with Crippen LogP contribution in [0.4, 0.5) is 5.13 Å². The molecule has 0 fully saturated rings. The SMILES string of the molecule is CCOC(=O)Cc1csc(NC(=O)CSc2nc3sc(C)c(C)c3c(=O)n2-c2ccccc2)n1. The van der Waals surface area contributed by atoms with Crippen LogP contribution in [0.5, 0.6) is 0 Å². The summed E-state index contributed by atoms with van der Waals surface area (Å²) in [5.41, 5.74) is 2.01. The lowest BCUT2D eigenvalue weighted by molar-refractivity contribution is -0.142. The molecule has 0 aliphatic heterocycles. The molecule has 8 nitrogen and oxygen atoms in total. The monoisotopic (exact) mass is 514 g/mol. The Bertz CT molecular complexity index is 1410. The number of ether oxygens (including phenoxy) is 1. The van der Waals surface area contributed by atoms with Gasteiger partial charge < -0.3 is 10.1 Å². The number of rotatable bonds is 8. The van der Waals surface area contributed by atoms with Crippen LogP contribution in [0.1, 0.15) is 23.1 Å². The number of hydrogen-bond acceptors (Lipinski definition) is 9. The lowest BCUT2D eigenvalue weighted by atomic mass is 10.2. The Hall–Kier alpha value is -3.02. The van der Waals surface area contributed by atoms with E-state index in [9.17, 15) is 14.4 Å². The third-order valence-corrected chi connectivity index (χ3v) is 7.79. The fraction of sp³-hybridized carbons (Fsp3) is 0.261. The van der Waals surface area contributed by atoms with Crippen LogP contribution < -0.4 is 10.9 Å². The highest BCUT2D eigenvalue weighted by molar-refractivity contribution is 7.99. The minimum atomic E-state index is -0.361. The van der Waals surface area contributed by atoms with Gasteiger partial charge in [0.2, 0.25) is 5.91 Å². The number of thiazole rings is 1. The fourth-order valence-corrected chi connectivity index (χ4v) is 5.88. The zero-order chi connectivity index (χ0) is 24.2. The van der Waals surface area contributed by atoms with Gasteiger partial charge in [-0.3, -0.25) is 19.0 Å². The number of amides is 1. The van der Waals surface area contributed by atoms with E-state index in [1.807, 2.05) is 44.2 Å². The number of para-hydroxylation sites is 1. The van der Waals surface area contributed by atoms with Gasteiger partial charge in [-0.2, -0.15) is 0 Å². The molecule has 4 rings (SSSR count). The number of thiophene rings is 1. The van der Waals surface area contributed by atoms with Crippen molar-refractivity contribution in [2.75, 3.05) is 17.7 Å². The minimum Gasteiger partial charge on any atom is -0.466 e. The molecule has 0 aliphatic rings. The van der Waals surface area contributed by atoms with E-state index in [4.69, 9.17) is 9.72 Å². The van der Waals surface area contributed by atoms with Crippen LogP contribution in [-0.2, 0) is 20.7 Å². The number of aromatic nitrogens is 3. The van der Waals surface area contributed by atoms with Crippen molar-refractivity contribution < 1.29 is 14.3 Å². The summed E-state index contributed by atoms with van der Waals surface area (Å²) in [4.78, 5) is 48.3. The van der Waals surface area contributed by atoms with E-state index in [2.05, 4.69) is 10.3 Å². The second-order valence-electron chi connectivity index (χ2n) is 7.30. The Balaban J connectivity index is 1.54. The van der Waals surface area contributed by atoms with E-state index >= 15 is 0 Å². The maximum atomic E-state index is 13.4. The Morgan fingerprint density at radius 3 is 2.68 bits per heavy atom. The molecule has 1 N–H and O–H groups in total. The highest BCUT2D eigenvalue weighted by atomic mass is 32.2. The molecule has 1 amide bonds. The number of fused-ring (bicyclic) bond motifs is 1. The van der Waals surface area contributed by atoms with Gasteiger partial charge in [0.1, 0.15) is 4.83 Å². The molecule has 0 aliphatic carbocycles. The summed E-state index contributed by atoms with van der Waals surface area (Å²) in [6.45, 7) is 5.95. The number of carbonyl (C=O) groups excluding carboxylic acids is 2. The quantitative estimate of drug-likeness (QED) is 0.212. The summed E-state index contributed by atoms with van der Waals surface area (Å²) in [5, 5.41) is 5.91. The first-order valence-electron chi connectivity index (χ1n) is 10.5. The van der Waals surface area contributed by atoms with E-state index < -0.39 is 0 Å². The molecule has 0 spiro atoms. The molecule has 0 radical (unpaired) electrons. The number of benzene rings is 1.